The van der Waals surface area contributed by atoms with E-state index in [4.69, 9.17) is 11.6 Å². The minimum atomic E-state index is -0.695. The number of nitrogens with one attached hydrogen (secondary N) is 1. The fraction of sp³-hybridized carbons (Fsp3) is 0.364. The van der Waals surface area contributed by atoms with E-state index in [2.05, 4.69) is 5.32 Å². The Balaban J connectivity index is 2.26. The predicted molar refractivity (Wildman–Crippen MR) is 109 cm³/mol. The molecule has 0 aliphatic heterocycles. The molecule has 1 atom stereocenters. The average Bonchev–Trinajstić information content (AvgIpc) is 2.61. The fourth-order valence-corrected chi connectivity index (χ4v) is 2.95. The van der Waals surface area contributed by atoms with E-state index in [1.165, 1.54) is 17.0 Å². The van der Waals surface area contributed by atoms with E-state index in [9.17, 15) is 14.0 Å². The van der Waals surface area contributed by atoms with Gasteiger partial charge in [-0.1, -0.05) is 41.9 Å². The number of carbonyl (C=O) groups excluding carboxylic acids is 2. The number of rotatable bonds is 6. The van der Waals surface area contributed by atoms with E-state index < -0.39 is 11.6 Å². The van der Waals surface area contributed by atoms with Crippen molar-refractivity contribution in [3.63, 3.8) is 0 Å². The van der Waals surface area contributed by atoms with Crippen LogP contribution < -0.4 is 5.32 Å². The monoisotopic (exact) mass is 404 g/mol. The summed E-state index contributed by atoms with van der Waals surface area (Å²) in [5.41, 5.74) is 1.02. The van der Waals surface area contributed by atoms with Gasteiger partial charge in [-0.25, -0.2) is 4.39 Å². The van der Waals surface area contributed by atoms with Gasteiger partial charge in [0.1, 0.15) is 11.9 Å². The van der Waals surface area contributed by atoms with E-state index >= 15 is 0 Å². The third-order valence-corrected chi connectivity index (χ3v) is 4.60. The van der Waals surface area contributed by atoms with Crippen LogP contribution >= 0.6 is 11.6 Å². The van der Waals surface area contributed by atoms with Crippen LogP contribution in [-0.2, 0) is 22.6 Å². The van der Waals surface area contributed by atoms with Crippen molar-refractivity contribution in [2.24, 2.45) is 0 Å². The molecule has 2 aromatic carbocycles. The van der Waals surface area contributed by atoms with Crippen LogP contribution in [0.5, 0.6) is 0 Å². The highest BCUT2D eigenvalue weighted by Gasteiger charge is 2.28. The molecular formula is C22H26ClFN2O2. The number of hydrogen-bond acceptors (Lipinski definition) is 2. The normalized spacial score (nSPS) is 12.4. The number of amides is 2. The predicted octanol–water partition coefficient (Wildman–Crippen LogP) is 4.35. The SMILES string of the molecule is C[C@@H](C(=O)NC(C)(C)C)N(Cc1ccc(F)cc1)C(=O)Cc1ccccc1Cl. The summed E-state index contributed by atoms with van der Waals surface area (Å²) in [6.07, 6.45) is 0.0774. The molecule has 0 heterocycles. The quantitative estimate of drug-likeness (QED) is 0.777. The molecule has 0 fully saturated rings. The Bertz CT molecular complexity index is 831. The van der Waals surface area contributed by atoms with Gasteiger partial charge in [-0.2, -0.15) is 0 Å². The number of benzene rings is 2. The van der Waals surface area contributed by atoms with Crippen molar-refractivity contribution in [2.75, 3.05) is 0 Å². The van der Waals surface area contributed by atoms with Gasteiger partial charge in [-0.15, -0.1) is 0 Å². The first-order chi connectivity index (χ1) is 13.1. The first kappa shape index (κ1) is 21.9. The Morgan fingerprint density at radius 1 is 1.11 bits per heavy atom. The van der Waals surface area contributed by atoms with Gasteiger partial charge in [0, 0.05) is 17.1 Å². The van der Waals surface area contributed by atoms with E-state index in [-0.39, 0.29) is 30.6 Å². The van der Waals surface area contributed by atoms with E-state index in [1.54, 1.807) is 37.3 Å². The van der Waals surface area contributed by atoms with Crippen LogP contribution in [0.4, 0.5) is 4.39 Å². The summed E-state index contributed by atoms with van der Waals surface area (Å²) in [5, 5.41) is 3.41. The molecule has 150 valence electrons. The highest BCUT2D eigenvalue weighted by Crippen LogP contribution is 2.19. The second kappa shape index (κ2) is 9.20. The fourth-order valence-electron chi connectivity index (χ4n) is 2.75. The maximum atomic E-state index is 13.2. The van der Waals surface area contributed by atoms with Gasteiger partial charge < -0.3 is 10.2 Å². The van der Waals surface area contributed by atoms with Crippen molar-refractivity contribution in [2.45, 2.75) is 52.2 Å². The summed E-state index contributed by atoms with van der Waals surface area (Å²) < 4.78 is 13.2. The Labute approximate surface area is 170 Å². The van der Waals surface area contributed by atoms with Gasteiger partial charge in [0.25, 0.3) is 0 Å². The summed E-state index contributed by atoms with van der Waals surface area (Å²) in [6, 6.07) is 12.3. The average molecular weight is 405 g/mol. The second-order valence-corrected chi connectivity index (χ2v) is 8.24. The van der Waals surface area contributed by atoms with Crippen molar-refractivity contribution in [1.29, 1.82) is 0 Å². The Kier molecular flexibility index (Phi) is 7.19. The zero-order chi connectivity index (χ0) is 20.9. The lowest BCUT2D eigenvalue weighted by molar-refractivity contribution is -0.140. The second-order valence-electron chi connectivity index (χ2n) is 7.83. The van der Waals surface area contributed by atoms with E-state index in [1.807, 2.05) is 26.8 Å². The topological polar surface area (TPSA) is 49.4 Å². The molecule has 2 aromatic rings. The van der Waals surface area contributed by atoms with Gasteiger partial charge in [-0.05, 0) is 57.0 Å². The third-order valence-electron chi connectivity index (χ3n) is 4.23. The molecule has 0 spiro atoms. The highest BCUT2D eigenvalue weighted by molar-refractivity contribution is 6.31. The van der Waals surface area contributed by atoms with E-state index in [0.29, 0.717) is 10.6 Å². The molecular weight excluding hydrogens is 379 g/mol. The van der Waals surface area contributed by atoms with Crippen LogP contribution in [-0.4, -0.2) is 28.3 Å². The lowest BCUT2D eigenvalue weighted by Crippen LogP contribution is -2.52. The first-order valence-electron chi connectivity index (χ1n) is 9.16. The number of carbonyl (C=O) groups is 2. The molecule has 2 amide bonds. The first-order valence-corrected chi connectivity index (χ1v) is 9.54. The summed E-state index contributed by atoms with van der Waals surface area (Å²) in [5.74, 6) is -0.827. The molecule has 28 heavy (non-hydrogen) atoms. The van der Waals surface area contributed by atoms with Gasteiger partial charge >= 0.3 is 0 Å². The molecule has 0 aliphatic carbocycles. The lowest BCUT2D eigenvalue weighted by atomic mass is 10.1. The number of hydrogen-bond donors (Lipinski definition) is 1. The van der Waals surface area contributed by atoms with Gasteiger partial charge in [0.2, 0.25) is 11.8 Å². The Morgan fingerprint density at radius 2 is 1.71 bits per heavy atom. The van der Waals surface area contributed by atoms with Crippen molar-refractivity contribution in [1.82, 2.24) is 10.2 Å². The Hall–Kier alpha value is -2.40. The van der Waals surface area contributed by atoms with E-state index in [0.717, 1.165) is 5.56 Å². The molecule has 0 unspecified atom stereocenters. The summed E-state index contributed by atoms with van der Waals surface area (Å²) >= 11 is 6.19. The van der Waals surface area contributed by atoms with Crippen LogP contribution in [0.15, 0.2) is 48.5 Å². The minimum Gasteiger partial charge on any atom is -0.350 e. The van der Waals surface area contributed by atoms with Gasteiger partial charge in [-0.3, -0.25) is 9.59 Å². The summed E-state index contributed by atoms with van der Waals surface area (Å²) in [4.78, 5) is 27.2. The minimum absolute atomic E-state index is 0.0774. The van der Waals surface area contributed by atoms with Gasteiger partial charge in [0.05, 0.1) is 6.42 Å². The summed E-state index contributed by atoms with van der Waals surface area (Å²) in [6.45, 7) is 7.53. The van der Waals surface area contributed by atoms with Crippen LogP contribution in [0.1, 0.15) is 38.8 Å². The molecule has 0 saturated heterocycles. The largest absolute Gasteiger partial charge is 0.350 e. The molecule has 0 bridgehead atoms. The molecule has 0 aliphatic rings. The standard InChI is InChI=1S/C22H26ClFN2O2/c1-15(21(28)25-22(2,3)4)26(14-16-9-11-18(24)12-10-16)20(27)13-17-7-5-6-8-19(17)23/h5-12,15H,13-14H2,1-4H3,(H,25,28)/t15-/m0/s1. The molecule has 4 nitrogen and oxygen atoms in total. The highest BCUT2D eigenvalue weighted by atomic mass is 35.5. The zero-order valence-electron chi connectivity index (χ0n) is 16.6. The van der Waals surface area contributed by atoms with Crippen molar-refractivity contribution in [3.05, 3.63) is 70.5 Å². The third kappa shape index (κ3) is 6.34. The maximum absolute atomic E-state index is 13.2. The molecule has 6 heteroatoms. The molecule has 0 radical (unpaired) electrons. The summed E-state index contributed by atoms with van der Waals surface area (Å²) in [7, 11) is 0. The smallest absolute Gasteiger partial charge is 0.242 e. The zero-order valence-corrected chi connectivity index (χ0v) is 17.4. The number of halogens is 2. The Morgan fingerprint density at radius 3 is 2.29 bits per heavy atom. The molecule has 0 saturated carbocycles. The van der Waals surface area contributed by atoms with Crippen molar-refractivity contribution < 1.29 is 14.0 Å². The van der Waals surface area contributed by atoms with Gasteiger partial charge in [0.15, 0.2) is 0 Å². The molecule has 2 rings (SSSR count). The maximum Gasteiger partial charge on any atom is 0.242 e. The lowest BCUT2D eigenvalue weighted by Gasteiger charge is -2.31. The van der Waals surface area contributed by atoms with Crippen molar-refractivity contribution in [3.8, 4) is 0 Å². The van der Waals surface area contributed by atoms with Crippen LogP contribution in [0, 0.1) is 5.82 Å². The van der Waals surface area contributed by atoms with Crippen LogP contribution in [0.2, 0.25) is 5.02 Å². The van der Waals surface area contributed by atoms with Crippen LogP contribution in [0.25, 0.3) is 0 Å². The number of nitrogens with zero attached hydrogens (tertiary/aromatic N) is 1. The van der Waals surface area contributed by atoms with Crippen LogP contribution in [0.3, 0.4) is 0 Å². The molecule has 0 aromatic heterocycles. The van der Waals surface area contributed by atoms with Crippen molar-refractivity contribution >= 4 is 23.4 Å². The molecule has 1 N–H and O–H groups in total.